The van der Waals surface area contributed by atoms with Crippen LogP contribution in [0.4, 0.5) is 0 Å². The van der Waals surface area contributed by atoms with Crippen molar-refractivity contribution in [3.8, 4) is 0 Å². The van der Waals surface area contributed by atoms with E-state index >= 15 is 0 Å². The van der Waals surface area contributed by atoms with Gasteiger partial charge in [-0.05, 0) is 18.8 Å². The van der Waals surface area contributed by atoms with E-state index < -0.39 is 91.6 Å². The minimum atomic E-state index is -1.93. The van der Waals surface area contributed by atoms with Crippen LogP contribution in [-0.4, -0.2) is 104 Å². The first kappa shape index (κ1) is 34.2. The number of hydrogen-bond acceptors (Lipinski definition) is 12. The third-order valence-electron chi connectivity index (χ3n) is 6.42. The summed E-state index contributed by atoms with van der Waals surface area (Å²) in [5.41, 5.74) is 0. The van der Waals surface area contributed by atoms with Gasteiger partial charge in [0.2, 0.25) is 12.2 Å². The third kappa shape index (κ3) is 10.3. The third-order valence-corrected chi connectivity index (χ3v) is 6.42. The van der Waals surface area contributed by atoms with Gasteiger partial charge in [-0.15, -0.1) is 0 Å². The van der Waals surface area contributed by atoms with Crippen LogP contribution in [0, 0.1) is 17.8 Å². The summed E-state index contributed by atoms with van der Waals surface area (Å²) >= 11 is 0. The molecule has 0 aromatic rings. The van der Waals surface area contributed by atoms with Crippen LogP contribution >= 0.6 is 0 Å². The van der Waals surface area contributed by atoms with Crippen molar-refractivity contribution in [3.63, 3.8) is 0 Å². The number of aliphatic hydroxyl groups is 6. The standard InChI is InChI=1S/C24H44O12/c1-7-12(4)17(28)22(31)35-21(14(6)9-3)24(33)36-20(13(5)8-2)23(32)34-11-16(27)19(30)18(29)15(26)10-25/h12-21,25-30H,7-11H2,1-6H3/t12-,13+,14+,15+,16-,17+,18+,19-,20+,21+/m1/s1. The summed E-state index contributed by atoms with van der Waals surface area (Å²) in [4.78, 5) is 38.0. The lowest BCUT2D eigenvalue weighted by molar-refractivity contribution is -0.190. The van der Waals surface area contributed by atoms with Gasteiger partial charge in [0.15, 0.2) is 6.10 Å². The van der Waals surface area contributed by atoms with Crippen molar-refractivity contribution in [3.05, 3.63) is 0 Å². The summed E-state index contributed by atoms with van der Waals surface area (Å²) in [6.45, 7) is 8.54. The molecule has 0 amide bonds. The largest absolute Gasteiger partial charge is 0.460 e. The lowest BCUT2D eigenvalue weighted by atomic mass is 9.99. The highest BCUT2D eigenvalue weighted by atomic mass is 16.6. The Morgan fingerprint density at radius 1 is 0.639 bits per heavy atom. The molecule has 0 saturated carbocycles. The van der Waals surface area contributed by atoms with Crippen molar-refractivity contribution in [2.75, 3.05) is 13.2 Å². The first-order chi connectivity index (χ1) is 16.8. The normalized spacial score (nSPS) is 20.0. The SMILES string of the molecule is CC[C@@H](C)[C@H](O)C(=O)O[C@H](C(=O)O[C@H](C(=O)OC[C@@H](O)[C@@H](O)[C@@H](O)[C@@H](O)CO)[C@@H](C)CC)[C@@H](C)CC. The molecule has 0 aliphatic heterocycles. The molecule has 12 heteroatoms. The number of ether oxygens (including phenoxy) is 3. The fraction of sp³-hybridized carbons (Fsp3) is 0.875. The average Bonchev–Trinajstić information content (AvgIpc) is 2.89. The van der Waals surface area contributed by atoms with Crippen molar-refractivity contribution < 1.29 is 59.2 Å². The van der Waals surface area contributed by atoms with Gasteiger partial charge in [-0.2, -0.15) is 0 Å². The Morgan fingerprint density at radius 3 is 1.50 bits per heavy atom. The fourth-order valence-electron chi connectivity index (χ4n) is 2.98. The van der Waals surface area contributed by atoms with E-state index in [1.807, 2.05) is 0 Å². The Morgan fingerprint density at radius 2 is 1.06 bits per heavy atom. The van der Waals surface area contributed by atoms with Crippen molar-refractivity contribution in [1.29, 1.82) is 0 Å². The van der Waals surface area contributed by atoms with E-state index in [4.69, 9.17) is 19.3 Å². The summed E-state index contributed by atoms with van der Waals surface area (Å²) in [6, 6.07) is 0. The van der Waals surface area contributed by atoms with Crippen molar-refractivity contribution in [2.24, 2.45) is 17.8 Å². The molecule has 0 unspecified atom stereocenters. The van der Waals surface area contributed by atoms with Crippen LogP contribution in [0.2, 0.25) is 0 Å². The quantitative estimate of drug-likeness (QED) is 0.103. The van der Waals surface area contributed by atoms with Gasteiger partial charge in [0.1, 0.15) is 31.0 Å². The van der Waals surface area contributed by atoms with E-state index in [1.165, 1.54) is 0 Å². The zero-order valence-corrected chi connectivity index (χ0v) is 21.9. The summed E-state index contributed by atoms with van der Waals surface area (Å²) in [5.74, 6) is -4.45. The van der Waals surface area contributed by atoms with E-state index in [0.717, 1.165) is 0 Å². The molecule has 0 spiro atoms. The Hall–Kier alpha value is -1.83. The maximum atomic E-state index is 13.0. The maximum absolute atomic E-state index is 13.0. The molecule has 0 aromatic carbocycles. The number of hydrogen-bond donors (Lipinski definition) is 6. The van der Waals surface area contributed by atoms with Gasteiger partial charge in [-0.3, -0.25) is 0 Å². The molecule has 0 saturated heterocycles. The second kappa shape index (κ2) is 16.8. The van der Waals surface area contributed by atoms with Crippen LogP contribution in [0.5, 0.6) is 0 Å². The highest BCUT2D eigenvalue weighted by molar-refractivity contribution is 5.84. The molecule has 0 aliphatic rings. The lowest BCUT2D eigenvalue weighted by Crippen LogP contribution is -2.48. The first-order valence-corrected chi connectivity index (χ1v) is 12.4. The number of aliphatic hydroxyl groups excluding tert-OH is 6. The van der Waals surface area contributed by atoms with Gasteiger partial charge in [0.25, 0.3) is 0 Å². The van der Waals surface area contributed by atoms with E-state index in [0.29, 0.717) is 19.3 Å². The topological polar surface area (TPSA) is 200 Å². The minimum absolute atomic E-state index is 0.389. The van der Waals surface area contributed by atoms with Crippen LogP contribution in [-0.2, 0) is 28.6 Å². The number of carbonyl (C=O) groups excluding carboxylic acids is 3. The average molecular weight is 525 g/mol. The molecule has 212 valence electrons. The second-order valence-electron chi connectivity index (χ2n) is 9.24. The molecule has 12 nitrogen and oxygen atoms in total. The lowest BCUT2D eigenvalue weighted by Gasteiger charge is -2.28. The number of carbonyl (C=O) groups is 3. The molecule has 10 atom stereocenters. The molecule has 0 bridgehead atoms. The maximum Gasteiger partial charge on any atom is 0.348 e. The van der Waals surface area contributed by atoms with Crippen molar-refractivity contribution >= 4 is 17.9 Å². The fourth-order valence-corrected chi connectivity index (χ4v) is 2.98. The van der Waals surface area contributed by atoms with E-state index in [1.54, 1.807) is 41.5 Å². The molecule has 0 aromatic heterocycles. The highest BCUT2D eigenvalue weighted by Crippen LogP contribution is 2.21. The predicted molar refractivity (Wildman–Crippen MR) is 126 cm³/mol. The highest BCUT2D eigenvalue weighted by Gasteiger charge is 2.38. The molecule has 0 rings (SSSR count). The molecule has 0 fully saturated rings. The van der Waals surface area contributed by atoms with Gasteiger partial charge in [-0.25, -0.2) is 14.4 Å². The predicted octanol–water partition coefficient (Wildman–Crippen LogP) is -0.712. The van der Waals surface area contributed by atoms with E-state index in [-0.39, 0.29) is 0 Å². The molecule has 6 N–H and O–H groups in total. The van der Waals surface area contributed by atoms with Gasteiger partial charge in [-0.1, -0.05) is 48.0 Å². The van der Waals surface area contributed by atoms with Gasteiger partial charge < -0.3 is 44.8 Å². The summed E-state index contributed by atoms with van der Waals surface area (Å²) in [7, 11) is 0. The summed E-state index contributed by atoms with van der Waals surface area (Å²) < 4.78 is 15.6. The van der Waals surface area contributed by atoms with Gasteiger partial charge in [0.05, 0.1) is 6.61 Å². The molecule has 0 radical (unpaired) electrons. The first-order valence-electron chi connectivity index (χ1n) is 12.4. The van der Waals surface area contributed by atoms with E-state index in [2.05, 4.69) is 0 Å². The molecular formula is C24H44O12. The van der Waals surface area contributed by atoms with Gasteiger partial charge in [0, 0.05) is 11.8 Å². The number of rotatable bonds is 17. The van der Waals surface area contributed by atoms with Crippen molar-refractivity contribution in [2.45, 2.75) is 104 Å². The Bertz CT molecular complexity index is 671. The van der Waals surface area contributed by atoms with Crippen LogP contribution in [0.1, 0.15) is 60.8 Å². The van der Waals surface area contributed by atoms with Crippen LogP contribution in [0.25, 0.3) is 0 Å². The monoisotopic (exact) mass is 524 g/mol. The Labute approximate surface area is 212 Å². The Kier molecular flexibility index (Phi) is 16.0. The van der Waals surface area contributed by atoms with Crippen molar-refractivity contribution in [1.82, 2.24) is 0 Å². The molecule has 0 aliphatic carbocycles. The number of esters is 3. The smallest absolute Gasteiger partial charge is 0.348 e. The van der Waals surface area contributed by atoms with Crippen LogP contribution in [0.15, 0.2) is 0 Å². The van der Waals surface area contributed by atoms with Crippen LogP contribution in [0.3, 0.4) is 0 Å². The van der Waals surface area contributed by atoms with Crippen LogP contribution < -0.4 is 0 Å². The van der Waals surface area contributed by atoms with Gasteiger partial charge >= 0.3 is 17.9 Å². The van der Waals surface area contributed by atoms with E-state index in [9.17, 15) is 39.9 Å². The summed E-state index contributed by atoms with van der Waals surface area (Å²) in [6.07, 6.45) is -10.3. The Balaban J connectivity index is 5.45. The second-order valence-corrected chi connectivity index (χ2v) is 9.24. The summed E-state index contributed by atoms with van der Waals surface area (Å²) in [5, 5.41) is 57.9. The minimum Gasteiger partial charge on any atom is -0.460 e. The molecular weight excluding hydrogens is 480 g/mol. The zero-order chi connectivity index (χ0) is 28.2. The molecule has 0 heterocycles. The molecule has 36 heavy (non-hydrogen) atoms. The zero-order valence-electron chi connectivity index (χ0n) is 21.9.